The molecule has 3 aromatic rings. The molecule has 4 nitrogen and oxygen atoms in total. The van der Waals surface area contributed by atoms with E-state index in [9.17, 15) is 4.79 Å². The van der Waals surface area contributed by atoms with Crippen LogP contribution in [0.1, 0.15) is 15.9 Å². The number of ether oxygens (including phenoxy) is 1. The predicted octanol–water partition coefficient (Wildman–Crippen LogP) is 3.75. The van der Waals surface area contributed by atoms with E-state index in [-0.39, 0.29) is 5.91 Å². The number of nitrogens with one attached hydrogen (secondary N) is 2. The summed E-state index contributed by atoms with van der Waals surface area (Å²) in [5.74, 6) is 0.800. The third-order valence-corrected chi connectivity index (χ3v) is 4.71. The van der Waals surface area contributed by atoms with Crippen LogP contribution in [-0.2, 0) is 6.42 Å². The van der Waals surface area contributed by atoms with Gasteiger partial charge in [0, 0.05) is 27.2 Å². The Morgan fingerprint density at radius 3 is 2.87 bits per heavy atom. The molecule has 0 unspecified atom stereocenters. The lowest BCUT2D eigenvalue weighted by molar-refractivity contribution is 0.0953. The molecular weight excluding hydrogens is 403 g/mol. The molecule has 2 N–H and O–H groups in total. The van der Waals surface area contributed by atoms with E-state index in [1.165, 1.54) is 5.56 Å². The number of amides is 1. The zero-order chi connectivity index (χ0) is 16.2. The summed E-state index contributed by atoms with van der Waals surface area (Å²) in [5, 5.41) is 4.11. The van der Waals surface area contributed by atoms with Gasteiger partial charge in [0.15, 0.2) is 0 Å². The molecule has 0 aliphatic rings. The number of carbonyl (C=O) groups excluding carboxylic acids is 1. The van der Waals surface area contributed by atoms with E-state index in [0.29, 0.717) is 12.1 Å². The summed E-state index contributed by atoms with van der Waals surface area (Å²) in [5.41, 5.74) is 2.96. The van der Waals surface area contributed by atoms with Gasteiger partial charge in [-0.15, -0.1) is 0 Å². The lowest BCUT2D eigenvalue weighted by Gasteiger charge is -2.07. The molecule has 1 amide bonds. The topological polar surface area (TPSA) is 54.1 Å². The number of benzene rings is 2. The smallest absolute Gasteiger partial charge is 0.252 e. The molecule has 0 saturated heterocycles. The third kappa shape index (κ3) is 3.50. The molecule has 0 aliphatic carbocycles. The van der Waals surface area contributed by atoms with E-state index in [4.69, 9.17) is 4.74 Å². The number of carbonyl (C=O) groups is 1. The minimum Gasteiger partial charge on any atom is -0.497 e. The Kier molecular flexibility index (Phi) is 4.85. The van der Waals surface area contributed by atoms with Gasteiger partial charge in [0.05, 0.1) is 12.7 Å². The molecule has 0 fully saturated rings. The molecule has 0 spiro atoms. The van der Waals surface area contributed by atoms with E-state index in [1.807, 2.05) is 48.7 Å². The Balaban J connectivity index is 1.67. The summed E-state index contributed by atoms with van der Waals surface area (Å²) >= 11 is 2.18. The van der Waals surface area contributed by atoms with E-state index in [1.54, 1.807) is 7.11 Å². The maximum absolute atomic E-state index is 12.2. The highest BCUT2D eigenvalue weighted by Crippen LogP contribution is 2.23. The number of aromatic nitrogens is 1. The zero-order valence-corrected chi connectivity index (χ0v) is 14.9. The molecule has 0 radical (unpaired) electrons. The van der Waals surface area contributed by atoms with Crippen LogP contribution in [0.3, 0.4) is 0 Å². The molecule has 2 aromatic carbocycles. The van der Waals surface area contributed by atoms with Gasteiger partial charge in [0.1, 0.15) is 5.75 Å². The number of fused-ring (bicyclic) bond motifs is 1. The van der Waals surface area contributed by atoms with E-state index < -0.39 is 0 Å². The summed E-state index contributed by atoms with van der Waals surface area (Å²) < 4.78 is 6.23. The zero-order valence-electron chi connectivity index (χ0n) is 12.7. The minimum absolute atomic E-state index is 0.0348. The highest BCUT2D eigenvalue weighted by Gasteiger charge is 2.09. The Morgan fingerprint density at radius 2 is 2.09 bits per heavy atom. The van der Waals surface area contributed by atoms with Gasteiger partial charge in [-0.2, -0.15) is 0 Å². The molecule has 0 aliphatic heterocycles. The molecular formula is C18H17IN2O2. The van der Waals surface area contributed by atoms with Crippen LogP contribution in [-0.4, -0.2) is 24.5 Å². The second-order valence-corrected chi connectivity index (χ2v) is 6.37. The quantitative estimate of drug-likeness (QED) is 0.618. The molecule has 3 rings (SSSR count). The molecule has 1 heterocycles. The monoisotopic (exact) mass is 420 g/mol. The van der Waals surface area contributed by atoms with Gasteiger partial charge in [-0.3, -0.25) is 4.79 Å². The van der Waals surface area contributed by atoms with Crippen molar-refractivity contribution in [2.24, 2.45) is 0 Å². The summed E-state index contributed by atoms with van der Waals surface area (Å²) in [6, 6.07) is 13.5. The van der Waals surface area contributed by atoms with Gasteiger partial charge in [0.25, 0.3) is 5.91 Å². The number of hydrogen-bond acceptors (Lipinski definition) is 2. The first-order chi connectivity index (χ1) is 11.2. The molecule has 118 valence electrons. The number of H-pyrrole nitrogens is 1. The summed E-state index contributed by atoms with van der Waals surface area (Å²) in [6.45, 7) is 0.591. The van der Waals surface area contributed by atoms with Crippen LogP contribution >= 0.6 is 22.6 Å². The second-order valence-electron chi connectivity index (χ2n) is 5.21. The van der Waals surface area contributed by atoms with Crippen molar-refractivity contribution < 1.29 is 9.53 Å². The highest BCUT2D eigenvalue weighted by molar-refractivity contribution is 14.1. The standard InChI is InChI=1S/C18H17IN2O2/c1-23-13-6-7-17-15(10-13)12(11-21-17)8-9-20-18(22)14-4-2-3-5-16(14)19/h2-7,10-11,21H,8-9H2,1H3,(H,20,22). The van der Waals surface area contributed by atoms with Gasteiger partial charge in [0.2, 0.25) is 0 Å². The first kappa shape index (κ1) is 15.9. The van der Waals surface area contributed by atoms with Crippen molar-refractivity contribution >= 4 is 39.4 Å². The van der Waals surface area contributed by atoms with Gasteiger partial charge >= 0.3 is 0 Å². The molecule has 5 heteroatoms. The average Bonchev–Trinajstić information content (AvgIpc) is 2.97. The van der Waals surface area contributed by atoms with E-state index in [2.05, 4.69) is 32.9 Å². The number of rotatable bonds is 5. The van der Waals surface area contributed by atoms with Crippen LogP contribution in [0.4, 0.5) is 0 Å². The van der Waals surface area contributed by atoms with Crippen molar-refractivity contribution in [2.45, 2.75) is 6.42 Å². The van der Waals surface area contributed by atoms with Crippen molar-refractivity contribution in [3.63, 3.8) is 0 Å². The van der Waals surface area contributed by atoms with Crippen LogP contribution in [0, 0.1) is 3.57 Å². The summed E-state index contributed by atoms with van der Waals surface area (Å²) in [4.78, 5) is 15.5. The van der Waals surface area contributed by atoms with Crippen molar-refractivity contribution in [2.75, 3.05) is 13.7 Å². The largest absolute Gasteiger partial charge is 0.497 e. The van der Waals surface area contributed by atoms with Crippen molar-refractivity contribution in [3.05, 3.63) is 63.4 Å². The van der Waals surface area contributed by atoms with E-state index in [0.717, 1.165) is 26.6 Å². The molecule has 0 bridgehead atoms. The van der Waals surface area contributed by atoms with Crippen LogP contribution in [0.15, 0.2) is 48.7 Å². The SMILES string of the molecule is COc1ccc2[nH]cc(CCNC(=O)c3ccccc3I)c2c1. The Hall–Kier alpha value is -2.02. The van der Waals surface area contributed by atoms with Crippen LogP contribution in [0.5, 0.6) is 5.75 Å². The van der Waals surface area contributed by atoms with Gasteiger partial charge in [-0.1, -0.05) is 12.1 Å². The average molecular weight is 420 g/mol. The maximum Gasteiger partial charge on any atom is 0.252 e. The number of methoxy groups -OCH3 is 1. The van der Waals surface area contributed by atoms with Crippen molar-refractivity contribution in [1.29, 1.82) is 0 Å². The third-order valence-electron chi connectivity index (χ3n) is 3.77. The minimum atomic E-state index is -0.0348. The van der Waals surface area contributed by atoms with E-state index >= 15 is 0 Å². The molecule has 0 saturated carbocycles. The van der Waals surface area contributed by atoms with Gasteiger partial charge in [-0.25, -0.2) is 0 Å². The summed E-state index contributed by atoms with van der Waals surface area (Å²) in [6.07, 6.45) is 2.75. The predicted molar refractivity (Wildman–Crippen MR) is 100 cm³/mol. The molecule has 23 heavy (non-hydrogen) atoms. The molecule has 1 aromatic heterocycles. The number of halogens is 1. The Morgan fingerprint density at radius 1 is 1.26 bits per heavy atom. The van der Waals surface area contributed by atoms with Crippen LogP contribution in [0.2, 0.25) is 0 Å². The second kappa shape index (κ2) is 7.04. The van der Waals surface area contributed by atoms with Gasteiger partial charge in [-0.05, 0) is 64.9 Å². The highest BCUT2D eigenvalue weighted by atomic mass is 127. The first-order valence-corrected chi connectivity index (χ1v) is 8.43. The lowest BCUT2D eigenvalue weighted by atomic mass is 10.1. The lowest BCUT2D eigenvalue weighted by Crippen LogP contribution is -2.26. The Labute approximate surface area is 148 Å². The van der Waals surface area contributed by atoms with Gasteiger partial charge < -0.3 is 15.0 Å². The number of hydrogen-bond donors (Lipinski definition) is 2. The fourth-order valence-corrected chi connectivity index (χ4v) is 3.17. The van der Waals surface area contributed by atoms with Crippen molar-refractivity contribution in [3.8, 4) is 5.75 Å². The fraction of sp³-hybridized carbons (Fsp3) is 0.167. The maximum atomic E-state index is 12.2. The van der Waals surface area contributed by atoms with Crippen LogP contribution in [0.25, 0.3) is 10.9 Å². The normalized spacial score (nSPS) is 10.7. The molecule has 0 atom stereocenters. The fourth-order valence-electron chi connectivity index (χ4n) is 2.54. The summed E-state index contributed by atoms with van der Waals surface area (Å²) in [7, 11) is 1.66. The van der Waals surface area contributed by atoms with Crippen molar-refractivity contribution in [1.82, 2.24) is 10.3 Å². The Bertz CT molecular complexity index is 842. The number of aromatic amines is 1. The first-order valence-electron chi connectivity index (χ1n) is 7.36. The van der Waals surface area contributed by atoms with Crippen LogP contribution < -0.4 is 10.1 Å².